The fourth-order valence-corrected chi connectivity index (χ4v) is 3.42. The number of hydrogen-bond donors (Lipinski definition) is 1. The number of nitrogen functional groups attached to an aromatic ring is 1. The first-order valence-corrected chi connectivity index (χ1v) is 7.85. The fourth-order valence-electron chi connectivity index (χ4n) is 1.46. The predicted octanol–water partition coefficient (Wildman–Crippen LogP) is 4.45. The van der Waals surface area contributed by atoms with E-state index in [0.717, 1.165) is 21.3 Å². The summed E-state index contributed by atoms with van der Waals surface area (Å²) in [6.07, 6.45) is 0. The van der Waals surface area contributed by atoms with Gasteiger partial charge >= 0.3 is 0 Å². The molecule has 0 fully saturated rings. The molecule has 0 aliphatic rings. The van der Waals surface area contributed by atoms with E-state index in [-0.39, 0.29) is 16.9 Å². The van der Waals surface area contributed by atoms with Crippen molar-refractivity contribution in [3.63, 3.8) is 0 Å². The minimum Gasteiger partial charge on any atom is -0.396 e. The van der Waals surface area contributed by atoms with Crippen molar-refractivity contribution < 1.29 is 4.39 Å². The number of aromatic nitrogens is 1. The molecule has 0 aliphatic heterocycles. The summed E-state index contributed by atoms with van der Waals surface area (Å²) in [4.78, 5) is 5.49. The van der Waals surface area contributed by atoms with Gasteiger partial charge in [-0.3, -0.25) is 0 Å². The molecule has 2 N–H and O–H groups in total. The highest BCUT2D eigenvalue weighted by Gasteiger charge is 2.17. The summed E-state index contributed by atoms with van der Waals surface area (Å²) in [6.45, 7) is 6.44. The topological polar surface area (TPSA) is 38.9 Å². The Morgan fingerprint density at radius 2 is 2.11 bits per heavy atom. The average Bonchev–Trinajstić information content (AvgIpc) is 2.79. The Hall–Kier alpha value is -1.07. The number of hydrogen-bond acceptors (Lipinski definition) is 4. The molecule has 5 heteroatoms. The predicted molar refractivity (Wildman–Crippen MR) is 81.2 cm³/mol. The highest BCUT2D eigenvalue weighted by Crippen LogP contribution is 2.29. The van der Waals surface area contributed by atoms with Crippen LogP contribution in [0.2, 0.25) is 0 Å². The van der Waals surface area contributed by atoms with Gasteiger partial charge in [-0.05, 0) is 18.2 Å². The van der Waals surface area contributed by atoms with Crippen molar-refractivity contribution in [1.82, 2.24) is 4.98 Å². The number of nitrogens with two attached hydrogens (primary N) is 1. The summed E-state index contributed by atoms with van der Waals surface area (Å²) >= 11 is 3.23. The van der Waals surface area contributed by atoms with E-state index in [9.17, 15) is 4.39 Å². The Bertz CT molecular complexity index is 573. The van der Waals surface area contributed by atoms with Crippen LogP contribution in [0.3, 0.4) is 0 Å². The monoisotopic (exact) mass is 296 g/mol. The van der Waals surface area contributed by atoms with E-state index in [2.05, 4.69) is 31.1 Å². The zero-order chi connectivity index (χ0) is 14.0. The summed E-state index contributed by atoms with van der Waals surface area (Å²) in [5.41, 5.74) is 6.83. The first-order chi connectivity index (χ1) is 8.86. The normalized spacial score (nSPS) is 11.8. The lowest BCUT2D eigenvalue weighted by Gasteiger charge is -2.14. The largest absolute Gasteiger partial charge is 0.396 e. The van der Waals surface area contributed by atoms with Gasteiger partial charge in [-0.25, -0.2) is 9.37 Å². The summed E-state index contributed by atoms with van der Waals surface area (Å²) in [5.74, 6) is 0.393. The van der Waals surface area contributed by atoms with E-state index in [1.54, 1.807) is 29.2 Å². The summed E-state index contributed by atoms with van der Waals surface area (Å²) in [6, 6.07) is 4.90. The standard InChI is InChI=1S/C14H17FN2S2/c1-14(2,3)12-7-19-13(17-12)8-18-9-4-5-11(16)10(15)6-9/h4-7H,8,16H2,1-3H3. The van der Waals surface area contributed by atoms with Crippen LogP contribution in [0.5, 0.6) is 0 Å². The molecule has 102 valence electrons. The Morgan fingerprint density at radius 1 is 1.37 bits per heavy atom. The van der Waals surface area contributed by atoms with E-state index in [1.807, 2.05) is 6.07 Å². The number of rotatable bonds is 3. The molecule has 1 aromatic heterocycles. The van der Waals surface area contributed by atoms with Crippen LogP contribution in [0.15, 0.2) is 28.5 Å². The van der Waals surface area contributed by atoms with Gasteiger partial charge in [0.25, 0.3) is 0 Å². The van der Waals surface area contributed by atoms with Gasteiger partial charge in [-0.2, -0.15) is 0 Å². The van der Waals surface area contributed by atoms with Gasteiger partial charge in [-0.1, -0.05) is 20.8 Å². The third-order valence-corrected chi connectivity index (χ3v) is 4.69. The van der Waals surface area contributed by atoms with Crippen molar-refractivity contribution in [2.75, 3.05) is 5.73 Å². The van der Waals surface area contributed by atoms with E-state index >= 15 is 0 Å². The lowest BCUT2D eigenvalue weighted by atomic mass is 9.93. The van der Waals surface area contributed by atoms with Gasteiger partial charge in [0.05, 0.1) is 17.1 Å². The van der Waals surface area contributed by atoms with Crippen molar-refractivity contribution in [1.29, 1.82) is 0 Å². The molecule has 2 aromatic rings. The number of nitrogens with zero attached hydrogens (tertiary/aromatic N) is 1. The van der Waals surface area contributed by atoms with Crippen LogP contribution < -0.4 is 5.73 Å². The lowest BCUT2D eigenvalue weighted by Crippen LogP contribution is -2.11. The minimum atomic E-state index is -0.362. The van der Waals surface area contributed by atoms with Crippen molar-refractivity contribution in [3.05, 3.63) is 40.1 Å². The molecule has 0 saturated carbocycles. The van der Waals surface area contributed by atoms with Crippen molar-refractivity contribution in [2.45, 2.75) is 36.8 Å². The molecule has 1 heterocycles. The average molecular weight is 296 g/mol. The summed E-state index contributed by atoms with van der Waals surface area (Å²) in [7, 11) is 0. The van der Waals surface area contributed by atoms with Crippen LogP contribution in [0.4, 0.5) is 10.1 Å². The third kappa shape index (κ3) is 3.70. The number of anilines is 1. The van der Waals surface area contributed by atoms with Crippen LogP contribution in [0.25, 0.3) is 0 Å². The van der Waals surface area contributed by atoms with Crippen LogP contribution in [0.1, 0.15) is 31.5 Å². The zero-order valence-electron chi connectivity index (χ0n) is 11.2. The molecule has 0 radical (unpaired) electrons. The minimum absolute atomic E-state index is 0.0761. The molecular formula is C14H17FN2S2. The number of halogens is 1. The van der Waals surface area contributed by atoms with Gasteiger partial charge in [0, 0.05) is 15.7 Å². The molecule has 2 nitrogen and oxygen atoms in total. The Morgan fingerprint density at radius 3 is 2.68 bits per heavy atom. The quantitative estimate of drug-likeness (QED) is 0.671. The molecule has 19 heavy (non-hydrogen) atoms. The highest BCUT2D eigenvalue weighted by atomic mass is 32.2. The van der Waals surface area contributed by atoms with E-state index in [1.165, 1.54) is 6.07 Å². The van der Waals surface area contributed by atoms with E-state index in [0.29, 0.717) is 0 Å². The molecule has 0 atom stereocenters. The SMILES string of the molecule is CC(C)(C)c1csc(CSc2ccc(N)c(F)c2)n1. The van der Waals surface area contributed by atoms with Crippen LogP contribution in [0, 0.1) is 5.82 Å². The first-order valence-electron chi connectivity index (χ1n) is 5.99. The molecular weight excluding hydrogens is 279 g/mol. The smallest absolute Gasteiger partial charge is 0.147 e. The van der Waals surface area contributed by atoms with E-state index < -0.39 is 0 Å². The van der Waals surface area contributed by atoms with Gasteiger partial charge < -0.3 is 5.73 Å². The third-order valence-electron chi connectivity index (χ3n) is 2.65. The first kappa shape index (κ1) is 14.3. The van der Waals surface area contributed by atoms with Gasteiger partial charge in [0.2, 0.25) is 0 Å². The number of thiazole rings is 1. The van der Waals surface area contributed by atoms with Gasteiger partial charge in [-0.15, -0.1) is 23.1 Å². The molecule has 0 amide bonds. The maximum atomic E-state index is 13.3. The lowest BCUT2D eigenvalue weighted by molar-refractivity contribution is 0.572. The second-order valence-corrected chi connectivity index (χ2v) is 7.34. The molecule has 0 bridgehead atoms. The van der Waals surface area contributed by atoms with Crippen molar-refractivity contribution in [3.8, 4) is 0 Å². The van der Waals surface area contributed by atoms with Crippen molar-refractivity contribution >= 4 is 28.8 Å². The number of thioether (sulfide) groups is 1. The second kappa shape index (κ2) is 5.51. The second-order valence-electron chi connectivity index (χ2n) is 5.35. The van der Waals surface area contributed by atoms with Gasteiger partial charge in [0.15, 0.2) is 0 Å². The molecule has 0 saturated heterocycles. The number of benzene rings is 1. The molecule has 0 unspecified atom stereocenters. The molecule has 0 spiro atoms. The Labute approximate surface area is 121 Å². The van der Waals surface area contributed by atoms with Crippen LogP contribution in [-0.4, -0.2) is 4.98 Å². The van der Waals surface area contributed by atoms with Crippen LogP contribution >= 0.6 is 23.1 Å². The Kier molecular flexibility index (Phi) is 4.16. The van der Waals surface area contributed by atoms with Crippen LogP contribution in [-0.2, 0) is 11.2 Å². The van der Waals surface area contributed by atoms with E-state index in [4.69, 9.17) is 5.73 Å². The maximum Gasteiger partial charge on any atom is 0.147 e. The maximum absolute atomic E-state index is 13.3. The highest BCUT2D eigenvalue weighted by molar-refractivity contribution is 7.98. The zero-order valence-corrected chi connectivity index (χ0v) is 12.9. The fraction of sp³-hybridized carbons (Fsp3) is 0.357. The summed E-state index contributed by atoms with van der Waals surface area (Å²) in [5, 5.41) is 3.16. The molecule has 2 rings (SSSR count). The Balaban J connectivity index is 2.02. The van der Waals surface area contributed by atoms with Gasteiger partial charge in [0.1, 0.15) is 10.8 Å². The summed E-state index contributed by atoms with van der Waals surface area (Å²) < 4.78 is 13.3. The van der Waals surface area contributed by atoms with Crippen molar-refractivity contribution in [2.24, 2.45) is 0 Å². The molecule has 0 aliphatic carbocycles. The molecule has 1 aromatic carbocycles.